The molecule has 3 rings (SSSR count). The van der Waals surface area contributed by atoms with Crippen molar-refractivity contribution in [1.29, 1.82) is 0 Å². The molecule has 0 unspecified atom stereocenters. The van der Waals surface area contributed by atoms with E-state index in [0.717, 1.165) is 12.8 Å². The van der Waals surface area contributed by atoms with Crippen molar-refractivity contribution in [2.24, 2.45) is 0 Å². The molecule has 0 atom stereocenters. The molecule has 1 heterocycles. The third kappa shape index (κ3) is 4.49. The van der Waals surface area contributed by atoms with Crippen molar-refractivity contribution in [3.05, 3.63) is 63.2 Å². The van der Waals surface area contributed by atoms with Gasteiger partial charge in [0.15, 0.2) is 0 Å². The lowest BCUT2D eigenvalue weighted by Crippen LogP contribution is -2.42. The highest BCUT2D eigenvalue weighted by atomic mass is 35.5. The number of carbonyl (C=O) groups is 1. The summed E-state index contributed by atoms with van der Waals surface area (Å²) < 4.78 is 5.26. The first-order chi connectivity index (χ1) is 13.0. The maximum atomic E-state index is 12.6. The summed E-state index contributed by atoms with van der Waals surface area (Å²) in [5.74, 6) is 0.432. The summed E-state index contributed by atoms with van der Waals surface area (Å²) in [5.41, 5.74) is 1.33. The van der Waals surface area contributed by atoms with Crippen molar-refractivity contribution in [2.75, 3.05) is 25.5 Å². The van der Waals surface area contributed by atoms with E-state index >= 15 is 0 Å². The number of hydrogen-bond acceptors (Lipinski definition) is 5. The van der Waals surface area contributed by atoms with Gasteiger partial charge >= 0.3 is 0 Å². The molecule has 0 bridgehead atoms. The summed E-state index contributed by atoms with van der Waals surface area (Å²) in [7, 11) is 1.48. The maximum absolute atomic E-state index is 12.6. The van der Waals surface area contributed by atoms with Gasteiger partial charge in [-0.2, -0.15) is 0 Å². The van der Waals surface area contributed by atoms with E-state index in [1.54, 1.807) is 30.3 Å². The summed E-state index contributed by atoms with van der Waals surface area (Å²) in [4.78, 5) is 24.8. The largest absolute Gasteiger partial charge is 0.494 e. The SMILES string of the molecule is COc1cc([N+](=O)[O-])ccc1NC1CCN(C(=O)c2ccc(Cl)cc2)CC1. The van der Waals surface area contributed by atoms with Crippen LogP contribution in [-0.4, -0.2) is 42.0 Å². The van der Waals surface area contributed by atoms with Crippen LogP contribution in [0.2, 0.25) is 5.02 Å². The number of halogens is 1. The number of anilines is 1. The molecule has 0 aliphatic carbocycles. The number of methoxy groups -OCH3 is 1. The van der Waals surface area contributed by atoms with E-state index in [9.17, 15) is 14.9 Å². The summed E-state index contributed by atoms with van der Waals surface area (Å²) >= 11 is 5.87. The van der Waals surface area contributed by atoms with Crippen molar-refractivity contribution in [1.82, 2.24) is 4.90 Å². The average molecular weight is 390 g/mol. The third-order valence-electron chi connectivity index (χ3n) is 4.63. The van der Waals surface area contributed by atoms with Gasteiger partial charge in [-0.3, -0.25) is 14.9 Å². The van der Waals surface area contributed by atoms with Crippen LogP contribution in [0.15, 0.2) is 42.5 Å². The second kappa shape index (κ2) is 8.26. The second-order valence-corrected chi connectivity index (χ2v) is 6.80. The first kappa shape index (κ1) is 19.0. The summed E-state index contributed by atoms with van der Waals surface area (Å²) in [6, 6.07) is 11.6. The summed E-state index contributed by atoms with van der Waals surface area (Å²) in [5, 5.41) is 14.9. The Morgan fingerprint density at radius 2 is 1.89 bits per heavy atom. The van der Waals surface area contributed by atoms with E-state index in [4.69, 9.17) is 16.3 Å². The Balaban J connectivity index is 1.60. The van der Waals surface area contributed by atoms with Gasteiger partial charge in [0.1, 0.15) is 5.75 Å². The van der Waals surface area contributed by atoms with E-state index in [-0.39, 0.29) is 17.6 Å². The highest BCUT2D eigenvalue weighted by Gasteiger charge is 2.24. The minimum atomic E-state index is -0.451. The Bertz CT molecular complexity index is 833. The van der Waals surface area contributed by atoms with Gasteiger partial charge < -0.3 is 15.0 Å². The molecule has 1 aliphatic rings. The van der Waals surface area contributed by atoms with Gasteiger partial charge in [-0.15, -0.1) is 0 Å². The molecule has 2 aromatic rings. The van der Waals surface area contributed by atoms with Crippen LogP contribution in [0.1, 0.15) is 23.2 Å². The zero-order chi connectivity index (χ0) is 19.4. The molecule has 0 radical (unpaired) electrons. The lowest BCUT2D eigenvalue weighted by molar-refractivity contribution is -0.384. The molecule has 1 saturated heterocycles. The van der Waals surface area contributed by atoms with Gasteiger partial charge in [0.25, 0.3) is 11.6 Å². The van der Waals surface area contributed by atoms with Crippen LogP contribution in [-0.2, 0) is 0 Å². The van der Waals surface area contributed by atoms with E-state index in [2.05, 4.69) is 5.32 Å². The fraction of sp³-hybridized carbons (Fsp3) is 0.316. The van der Waals surface area contributed by atoms with Crippen molar-refractivity contribution < 1.29 is 14.5 Å². The van der Waals surface area contributed by atoms with Crippen molar-refractivity contribution in [3.8, 4) is 5.75 Å². The topological polar surface area (TPSA) is 84.7 Å². The van der Waals surface area contributed by atoms with Crippen LogP contribution in [0.3, 0.4) is 0 Å². The van der Waals surface area contributed by atoms with Crippen molar-refractivity contribution in [3.63, 3.8) is 0 Å². The Hall–Kier alpha value is -2.80. The zero-order valence-electron chi connectivity index (χ0n) is 14.9. The lowest BCUT2D eigenvalue weighted by Gasteiger charge is -2.33. The highest BCUT2D eigenvalue weighted by molar-refractivity contribution is 6.30. The lowest BCUT2D eigenvalue weighted by atomic mass is 10.0. The van der Waals surface area contributed by atoms with Gasteiger partial charge in [-0.25, -0.2) is 0 Å². The predicted molar refractivity (Wildman–Crippen MR) is 104 cm³/mol. The molecule has 0 aromatic heterocycles. The Morgan fingerprint density at radius 1 is 1.22 bits per heavy atom. The number of likely N-dealkylation sites (tertiary alicyclic amines) is 1. The zero-order valence-corrected chi connectivity index (χ0v) is 15.6. The third-order valence-corrected chi connectivity index (χ3v) is 4.88. The monoisotopic (exact) mass is 389 g/mol. The van der Waals surface area contributed by atoms with E-state index in [1.165, 1.54) is 19.2 Å². The first-order valence-electron chi connectivity index (χ1n) is 8.61. The number of carbonyl (C=O) groups excluding carboxylic acids is 1. The molecule has 2 aromatic carbocycles. The first-order valence-corrected chi connectivity index (χ1v) is 8.99. The number of rotatable bonds is 5. The average Bonchev–Trinajstić information content (AvgIpc) is 2.68. The van der Waals surface area contributed by atoms with Crippen molar-refractivity contribution >= 4 is 28.9 Å². The molecule has 1 amide bonds. The van der Waals surface area contributed by atoms with Crippen LogP contribution >= 0.6 is 11.6 Å². The number of amides is 1. The normalized spacial score (nSPS) is 14.7. The Kier molecular flexibility index (Phi) is 5.81. The van der Waals surface area contributed by atoms with Crippen LogP contribution in [0.25, 0.3) is 0 Å². The van der Waals surface area contributed by atoms with E-state index < -0.39 is 4.92 Å². The van der Waals surface area contributed by atoms with E-state index in [1.807, 2.05) is 4.90 Å². The van der Waals surface area contributed by atoms with E-state index in [0.29, 0.717) is 35.1 Å². The summed E-state index contributed by atoms with van der Waals surface area (Å²) in [6.07, 6.45) is 1.55. The number of benzene rings is 2. The predicted octanol–water partition coefficient (Wildman–Crippen LogP) is 3.97. The number of hydrogen-bond donors (Lipinski definition) is 1. The molecule has 8 heteroatoms. The minimum Gasteiger partial charge on any atom is -0.494 e. The Morgan fingerprint density at radius 3 is 2.48 bits per heavy atom. The van der Waals surface area contributed by atoms with Crippen molar-refractivity contribution in [2.45, 2.75) is 18.9 Å². The molecular formula is C19H20ClN3O4. The fourth-order valence-electron chi connectivity index (χ4n) is 3.13. The minimum absolute atomic E-state index is 0.00182. The molecule has 0 spiro atoms. The summed E-state index contributed by atoms with van der Waals surface area (Å²) in [6.45, 7) is 1.27. The molecule has 142 valence electrons. The molecule has 1 N–H and O–H groups in total. The number of nitrogens with zero attached hydrogens (tertiary/aromatic N) is 2. The van der Waals surface area contributed by atoms with Crippen LogP contribution in [0, 0.1) is 10.1 Å². The van der Waals surface area contributed by atoms with Crippen LogP contribution in [0.4, 0.5) is 11.4 Å². The smallest absolute Gasteiger partial charge is 0.273 e. The number of nitro benzene ring substituents is 1. The maximum Gasteiger partial charge on any atom is 0.273 e. The number of non-ortho nitro benzene ring substituents is 1. The van der Waals surface area contributed by atoms with Gasteiger partial charge in [0.05, 0.1) is 23.8 Å². The quantitative estimate of drug-likeness (QED) is 0.617. The molecular weight excluding hydrogens is 370 g/mol. The van der Waals surface area contributed by atoms with Gasteiger partial charge in [0, 0.05) is 35.8 Å². The van der Waals surface area contributed by atoms with Gasteiger partial charge in [0.2, 0.25) is 0 Å². The number of piperidine rings is 1. The molecule has 1 aliphatic heterocycles. The highest BCUT2D eigenvalue weighted by Crippen LogP contribution is 2.30. The second-order valence-electron chi connectivity index (χ2n) is 6.36. The Labute approximate surface area is 162 Å². The standard InChI is InChI=1S/C19H20ClN3O4/c1-27-18-12-16(23(25)26)6-7-17(18)21-15-8-10-22(11-9-15)19(24)13-2-4-14(20)5-3-13/h2-7,12,15,21H,8-11H2,1H3. The molecule has 7 nitrogen and oxygen atoms in total. The number of nitro groups is 1. The number of ether oxygens (including phenoxy) is 1. The molecule has 27 heavy (non-hydrogen) atoms. The van der Waals surface area contributed by atoms with Crippen LogP contribution < -0.4 is 10.1 Å². The van der Waals surface area contributed by atoms with Crippen LogP contribution in [0.5, 0.6) is 5.75 Å². The molecule has 1 fully saturated rings. The number of nitrogens with one attached hydrogen (secondary N) is 1. The fourth-order valence-corrected chi connectivity index (χ4v) is 3.26. The van der Waals surface area contributed by atoms with Gasteiger partial charge in [-0.1, -0.05) is 11.6 Å². The molecule has 0 saturated carbocycles. The van der Waals surface area contributed by atoms with Gasteiger partial charge in [-0.05, 0) is 43.2 Å².